The molecule has 0 bridgehead atoms. The van der Waals surface area contributed by atoms with Gasteiger partial charge in [-0.3, -0.25) is 4.79 Å². The van der Waals surface area contributed by atoms with E-state index in [4.69, 9.17) is 0 Å². The van der Waals surface area contributed by atoms with Crippen molar-refractivity contribution in [3.63, 3.8) is 0 Å². The minimum Gasteiger partial charge on any atom is -0.378 e. The molecule has 4 nitrogen and oxygen atoms in total. The summed E-state index contributed by atoms with van der Waals surface area (Å²) in [5, 5.41) is 2.76. The number of carbonyl (C=O) groups excluding carboxylic acids is 1. The lowest BCUT2D eigenvalue weighted by Crippen LogP contribution is -2.38. The average molecular weight is 454 g/mol. The largest absolute Gasteiger partial charge is 0.417 e. The summed E-state index contributed by atoms with van der Waals surface area (Å²) in [5.74, 6) is -0.731. The number of carbonyl (C=O) groups is 1. The first-order valence-electron chi connectivity index (χ1n) is 10.8. The van der Waals surface area contributed by atoms with Crippen LogP contribution in [0.5, 0.6) is 0 Å². The number of anilines is 2. The minimum absolute atomic E-state index is 0.181. The van der Waals surface area contributed by atoms with Crippen LogP contribution in [-0.2, 0) is 12.6 Å². The Balaban J connectivity index is 1.62. The Morgan fingerprint density at radius 2 is 1.67 bits per heavy atom. The third-order valence-corrected chi connectivity index (χ3v) is 6.03. The van der Waals surface area contributed by atoms with Gasteiger partial charge in [-0.2, -0.15) is 13.2 Å². The molecule has 3 aromatic carbocycles. The van der Waals surface area contributed by atoms with Crippen molar-refractivity contribution in [1.29, 1.82) is 0 Å². The highest BCUT2D eigenvalue weighted by atomic mass is 19.4. The van der Waals surface area contributed by atoms with Crippen LogP contribution >= 0.6 is 0 Å². The first-order valence-corrected chi connectivity index (χ1v) is 10.8. The Morgan fingerprint density at radius 1 is 1.00 bits per heavy atom. The van der Waals surface area contributed by atoms with E-state index in [2.05, 4.69) is 16.3 Å². The number of amides is 1. The van der Waals surface area contributed by atoms with Crippen LogP contribution in [0.4, 0.5) is 24.5 Å². The molecule has 172 valence electrons. The first-order chi connectivity index (χ1) is 15.8. The van der Waals surface area contributed by atoms with Gasteiger partial charge in [-0.25, -0.2) is 0 Å². The number of alkyl halides is 3. The quantitative estimate of drug-likeness (QED) is 0.550. The van der Waals surface area contributed by atoms with Crippen LogP contribution in [0.1, 0.15) is 33.1 Å². The summed E-state index contributed by atoms with van der Waals surface area (Å²) in [4.78, 5) is 17.0. The molecule has 0 saturated heterocycles. The highest BCUT2D eigenvalue weighted by molar-refractivity contribution is 5.96. The van der Waals surface area contributed by atoms with Gasteiger partial charge in [0.1, 0.15) is 0 Å². The summed E-state index contributed by atoms with van der Waals surface area (Å²) in [5.41, 5.74) is 3.05. The number of hydrogen-bond acceptors (Lipinski definition) is 3. The molecular formula is C26H26F3N3O. The number of rotatable bonds is 6. The SMILES string of the molecule is CN(C)c1ccc([C@H](CNC(=O)c2ccccc2C(F)(F)F)N2CCc3ccccc32)cc1. The molecule has 0 fully saturated rings. The van der Waals surface area contributed by atoms with Crippen LogP contribution < -0.4 is 15.1 Å². The second-order valence-electron chi connectivity index (χ2n) is 8.33. The first kappa shape index (κ1) is 22.7. The molecule has 3 aromatic rings. The van der Waals surface area contributed by atoms with E-state index in [1.807, 2.05) is 61.5 Å². The van der Waals surface area contributed by atoms with Gasteiger partial charge in [-0.05, 0) is 47.9 Å². The van der Waals surface area contributed by atoms with Crippen molar-refractivity contribution < 1.29 is 18.0 Å². The van der Waals surface area contributed by atoms with E-state index in [1.165, 1.54) is 23.8 Å². The van der Waals surface area contributed by atoms with Crippen LogP contribution in [-0.4, -0.2) is 33.1 Å². The fraction of sp³-hybridized carbons (Fsp3) is 0.269. The van der Waals surface area contributed by atoms with Crippen molar-refractivity contribution in [2.45, 2.75) is 18.6 Å². The van der Waals surface area contributed by atoms with Crippen LogP contribution in [0.3, 0.4) is 0 Å². The topological polar surface area (TPSA) is 35.6 Å². The molecule has 1 atom stereocenters. The van der Waals surface area contributed by atoms with Crippen molar-refractivity contribution in [2.75, 3.05) is 37.0 Å². The molecule has 7 heteroatoms. The molecule has 0 radical (unpaired) electrons. The van der Waals surface area contributed by atoms with Gasteiger partial charge in [0, 0.05) is 38.6 Å². The van der Waals surface area contributed by atoms with E-state index in [0.29, 0.717) is 0 Å². The molecule has 1 aliphatic rings. The standard InChI is InChI=1S/C26H26F3N3O/c1-31(2)20-13-11-19(12-14-20)24(32-16-15-18-7-3-6-10-23(18)32)17-30-25(33)21-8-4-5-9-22(21)26(27,28)29/h3-14,24H,15-17H2,1-2H3,(H,30,33)/t24-/m0/s1. The predicted molar refractivity (Wildman–Crippen MR) is 125 cm³/mol. The molecule has 0 aromatic heterocycles. The molecule has 0 unspecified atom stereocenters. The number of nitrogens with zero attached hydrogens (tertiary/aromatic N) is 2. The molecule has 1 amide bonds. The maximum Gasteiger partial charge on any atom is 0.417 e. The van der Waals surface area contributed by atoms with Gasteiger partial charge in [0.05, 0.1) is 17.2 Å². The van der Waals surface area contributed by atoms with Crippen molar-refractivity contribution in [3.8, 4) is 0 Å². The summed E-state index contributed by atoms with van der Waals surface area (Å²) in [6, 6.07) is 20.8. The van der Waals surface area contributed by atoms with Crippen molar-refractivity contribution in [1.82, 2.24) is 5.32 Å². The normalized spacial score (nSPS) is 14.0. The minimum atomic E-state index is -4.59. The van der Waals surface area contributed by atoms with Gasteiger partial charge in [0.2, 0.25) is 0 Å². The lowest BCUT2D eigenvalue weighted by molar-refractivity contribution is -0.137. The van der Waals surface area contributed by atoms with Crippen LogP contribution in [0.25, 0.3) is 0 Å². The Labute approximate surface area is 191 Å². The number of nitrogens with one attached hydrogen (secondary N) is 1. The monoisotopic (exact) mass is 453 g/mol. The smallest absolute Gasteiger partial charge is 0.378 e. The van der Waals surface area contributed by atoms with Gasteiger partial charge in [-0.15, -0.1) is 0 Å². The van der Waals surface area contributed by atoms with Gasteiger partial charge in [0.25, 0.3) is 5.91 Å². The van der Waals surface area contributed by atoms with Crippen LogP contribution in [0.15, 0.2) is 72.8 Å². The maximum absolute atomic E-state index is 13.4. The zero-order valence-electron chi connectivity index (χ0n) is 18.6. The molecular weight excluding hydrogens is 427 g/mol. The zero-order chi connectivity index (χ0) is 23.6. The van der Waals surface area contributed by atoms with Crippen LogP contribution in [0.2, 0.25) is 0 Å². The summed E-state index contributed by atoms with van der Waals surface area (Å²) in [7, 11) is 3.92. The Morgan fingerprint density at radius 3 is 2.36 bits per heavy atom. The fourth-order valence-corrected chi connectivity index (χ4v) is 4.30. The lowest BCUT2D eigenvalue weighted by Gasteiger charge is -2.31. The number of hydrogen-bond donors (Lipinski definition) is 1. The second kappa shape index (κ2) is 9.17. The molecule has 0 spiro atoms. The highest BCUT2D eigenvalue weighted by Crippen LogP contribution is 2.36. The van der Waals surface area contributed by atoms with Gasteiger partial charge < -0.3 is 15.1 Å². The number of halogens is 3. The Hall–Kier alpha value is -3.48. The molecule has 33 heavy (non-hydrogen) atoms. The molecule has 1 heterocycles. The molecule has 1 N–H and O–H groups in total. The third-order valence-electron chi connectivity index (χ3n) is 6.03. The molecule has 0 saturated carbocycles. The van der Waals surface area contributed by atoms with E-state index >= 15 is 0 Å². The number of para-hydroxylation sites is 1. The van der Waals surface area contributed by atoms with Crippen molar-refractivity contribution in [2.24, 2.45) is 0 Å². The molecule has 1 aliphatic heterocycles. The Bertz CT molecular complexity index is 1130. The average Bonchev–Trinajstić information content (AvgIpc) is 3.23. The number of benzene rings is 3. The predicted octanol–water partition coefficient (Wildman–Crippen LogP) is 5.31. The van der Waals surface area contributed by atoms with Crippen molar-refractivity contribution in [3.05, 3.63) is 95.1 Å². The summed E-state index contributed by atoms with van der Waals surface area (Å²) >= 11 is 0. The Kier molecular flexibility index (Phi) is 6.31. The second-order valence-corrected chi connectivity index (χ2v) is 8.33. The van der Waals surface area contributed by atoms with Gasteiger partial charge in [-0.1, -0.05) is 42.5 Å². The van der Waals surface area contributed by atoms with Crippen molar-refractivity contribution >= 4 is 17.3 Å². The van der Waals surface area contributed by atoms with E-state index in [-0.39, 0.29) is 18.2 Å². The van der Waals surface area contributed by atoms with E-state index in [1.54, 1.807) is 0 Å². The van der Waals surface area contributed by atoms with Crippen LogP contribution in [0, 0.1) is 0 Å². The van der Waals surface area contributed by atoms with E-state index < -0.39 is 17.6 Å². The summed E-state index contributed by atoms with van der Waals surface area (Å²) in [6.07, 6.45) is -3.71. The lowest BCUT2D eigenvalue weighted by atomic mass is 10.0. The summed E-state index contributed by atoms with van der Waals surface area (Å²) < 4.78 is 40.2. The third kappa shape index (κ3) is 4.82. The molecule has 4 rings (SSSR count). The zero-order valence-corrected chi connectivity index (χ0v) is 18.6. The van der Waals surface area contributed by atoms with Gasteiger partial charge >= 0.3 is 6.18 Å². The molecule has 0 aliphatic carbocycles. The highest BCUT2D eigenvalue weighted by Gasteiger charge is 2.35. The maximum atomic E-state index is 13.4. The van der Waals surface area contributed by atoms with E-state index in [0.717, 1.165) is 36.0 Å². The summed E-state index contributed by atoms with van der Waals surface area (Å²) in [6.45, 7) is 0.953. The number of fused-ring (bicyclic) bond motifs is 1. The van der Waals surface area contributed by atoms with Gasteiger partial charge in [0.15, 0.2) is 0 Å². The fourth-order valence-electron chi connectivity index (χ4n) is 4.30. The van der Waals surface area contributed by atoms with E-state index in [9.17, 15) is 18.0 Å².